The van der Waals surface area contributed by atoms with Crippen LogP contribution < -0.4 is 11.5 Å². The van der Waals surface area contributed by atoms with Crippen molar-refractivity contribution in [2.24, 2.45) is 22.8 Å². The Balaban J connectivity index is 2.32. The van der Waals surface area contributed by atoms with Crippen molar-refractivity contribution >= 4 is 0 Å². The van der Waals surface area contributed by atoms with Crippen molar-refractivity contribution in [1.29, 1.82) is 0 Å². The van der Waals surface area contributed by atoms with E-state index in [1.807, 2.05) is 0 Å². The zero-order chi connectivity index (χ0) is 11.1. The van der Waals surface area contributed by atoms with Crippen LogP contribution in [-0.4, -0.2) is 13.1 Å². The summed E-state index contributed by atoms with van der Waals surface area (Å²) in [4.78, 5) is 0. The minimum atomic E-state index is 0.580. The fourth-order valence-corrected chi connectivity index (χ4v) is 3.13. The Morgan fingerprint density at radius 3 is 2.60 bits per heavy atom. The van der Waals surface area contributed by atoms with Crippen LogP contribution in [0.2, 0.25) is 0 Å². The van der Waals surface area contributed by atoms with Crippen molar-refractivity contribution in [3.63, 3.8) is 0 Å². The van der Waals surface area contributed by atoms with Crippen LogP contribution in [0.5, 0.6) is 0 Å². The number of nitrogens with two attached hydrogens (primary N) is 2. The summed E-state index contributed by atoms with van der Waals surface area (Å²) in [5.41, 5.74) is 11.8. The first-order chi connectivity index (χ1) is 7.20. The molecule has 0 aromatic rings. The quantitative estimate of drug-likeness (QED) is 0.711. The molecule has 1 aliphatic carbocycles. The van der Waals surface area contributed by atoms with Crippen LogP contribution in [0.15, 0.2) is 0 Å². The largest absolute Gasteiger partial charge is 0.330 e. The van der Waals surface area contributed by atoms with Gasteiger partial charge in [-0.1, -0.05) is 19.8 Å². The molecule has 0 amide bonds. The molecule has 0 spiro atoms. The minimum Gasteiger partial charge on any atom is -0.330 e. The van der Waals surface area contributed by atoms with Gasteiger partial charge in [0.25, 0.3) is 0 Å². The standard InChI is InChI=1S/C13H28N2/c1-13(8-4-10-15)7-2-5-12(11-13)6-3-9-14/h12H,2-11,14-15H2,1H3. The second-order valence-electron chi connectivity index (χ2n) is 5.60. The fraction of sp³-hybridized carbons (Fsp3) is 1.00. The number of rotatable bonds is 6. The molecule has 2 atom stereocenters. The van der Waals surface area contributed by atoms with Crippen molar-refractivity contribution in [2.45, 2.75) is 58.3 Å². The third-order valence-electron chi connectivity index (χ3n) is 3.98. The second-order valence-corrected chi connectivity index (χ2v) is 5.60. The van der Waals surface area contributed by atoms with Gasteiger partial charge in [-0.3, -0.25) is 0 Å². The smallest absolute Gasteiger partial charge is 0.00771 e. The van der Waals surface area contributed by atoms with Crippen LogP contribution in [0, 0.1) is 11.3 Å². The Bertz CT molecular complexity index is 170. The molecular formula is C13H28N2. The first-order valence-corrected chi connectivity index (χ1v) is 6.60. The van der Waals surface area contributed by atoms with Gasteiger partial charge in [0.15, 0.2) is 0 Å². The second kappa shape index (κ2) is 6.49. The third kappa shape index (κ3) is 4.52. The number of hydrogen-bond acceptors (Lipinski definition) is 2. The normalized spacial score (nSPS) is 31.8. The minimum absolute atomic E-state index is 0.580. The Hall–Kier alpha value is -0.0800. The van der Waals surface area contributed by atoms with Crippen LogP contribution in [-0.2, 0) is 0 Å². The van der Waals surface area contributed by atoms with Crippen molar-refractivity contribution < 1.29 is 0 Å². The van der Waals surface area contributed by atoms with E-state index in [2.05, 4.69) is 6.92 Å². The predicted octanol–water partition coefficient (Wildman–Crippen LogP) is 2.66. The van der Waals surface area contributed by atoms with E-state index in [0.717, 1.165) is 19.0 Å². The SMILES string of the molecule is CC1(CCCN)CCCC(CCCN)C1. The maximum atomic E-state index is 5.60. The lowest BCUT2D eigenvalue weighted by molar-refractivity contribution is 0.138. The molecule has 90 valence electrons. The van der Waals surface area contributed by atoms with E-state index in [0.29, 0.717) is 5.41 Å². The summed E-state index contributed by atoms with van der Waals surface area (Å²) in [7, 11) is 0. The van der Waals surface area contributed by atoms with Crippen LogP contribution >= 0.6 is 0 Å². The Kier molecular flexibility index (Phi) is 5.62. The summed E-state index contributed by atoms with van der Waals surface area (Å²) in [5.74, 6) is 0.935. The summed E-state index contributed by atoms with van der Waals surface area (Å²) < 4.78 is 0. The van der Waals surface area contributed by atoms with Crippen molar-refractivity contribution in [2.75, 3.05) is 13.1 Å². The molecule has 0 aliphatic heterocycles. The molecule has 2 heteroatoms. The lowest BCUT2D eigenvalue weighted by atomic mass is 9.67. The van der Waals surface area contributed by atoms with Crippen LogP contribution in [0.1, 0.15) is 58.3 Å². The lowest BCUT2D eigenvalue weighted by Gasteiger charge is -2.38. The maximum Gasteiger partial charge on any atom is -0.00771 e. The molecule has 0 saturated heterocycles. The van der Waals surface area contributed by atoms with E-state index in [1.165, 1.54) is 51.4 Å². The molecule has 1 aliphatic rings. The summed E-state index contributed by atoms with van der Waals surface area (Å²) in [6.07, 6.45) is 10.7. The predicted molar refractivity (Wildman–Crippen MR) is 66.6 cm³/mol. The van der Waals surface area contributed by atoms with E-state index < -0.39 is 0 Å². The van der Waals surface area contributed by atoms with E-state index in [1.54, 1.807) is 0 Å². The van der Waals surface area contributed by atoms with Gasteiger partial charge in [0.2, 0.25) is 0 Å². The maximum absolute atomic E-state index is 5.60. The van der Waals surface area contributed by atoms with E-state index in [-0.39, 0.29) is 0 Å². The molecule has 0 radical (unpaired) electrons. The topological polar surface area (TPSA) is 52.0 Å². The van der Waals surface area contributed by atoms with Gasteiger partial charge in [-0.15, -0.1) is 0 Å². The highest BCUT2D eigenvalue weighted by atomic mass is 14.5. The highest BCUT2D eigenvalue weighted by Crippen LogP contribution is 2.43. The lowest BCUT2D eigenvalue weighted by Crippen LogP contribution is -2.27. The molecule has 1 rings (SSSR count). The third-order valence-corrected chi connectivity index (χ3v) is 3.98. The first-order valence-electron chi connectivity index (χ1n) is 6.60. The van der Waals surface area contributed by atoms with Crippen LogP contribution in [0.3, 0.4) is 0 Å². The average molecular weight is 212 g/mol. The monoisotopic (exact) mass is 212 g/mol. The van der Waals surface area contributed by atoms with Crippen LogP contribution in [0.4, 0.5) is 0 Å². The molecule has 0 bridgehead atoms. The highest BCUT2D eigenvalue weighted by Gasteiger charge is 2.30. The molecular weight excluding hydrogens is 184 g/mol. The van der Waals surface area contributed by atoms with Crippen molar-refractivity contribution in [1.82, 2.24) is 0 Å². The molecule has 2 nitrogen and oxygen atoms in total. The molecule has 1 fully saturated rings. The Labute approximate surface area is 94.8 Å². The van der Waals surface area contributed by atoms with Gasteiger partial charge in [-0.25, -0.2) is 0 Å². The highest BCUT2D eigenvalue weighted by molar-refractivity contribution is 4.83. The van der Waals surface area contributed by atoms with E-state index in [4.69, 9.17) is 11.5 Å². The van der Waals surface area contributed by atoms with Crippen molar-refractivity contribution in [3.8, 4) is 0 Å². The van der Waals surface area contributed by atoms with Gasteiger partial charge in [0, 0.05) is 0 Å². The summed E-state index contributed by atoms with van der Waals surface area (Å²) in [6, 6.07) is 0. The van der Waals surface area contributed by atoms with Gasteiger partial charge >= 0.3 is 0 Å². The summed E-state index contributed by atoms with van der Waals surface area (Å²) >= 11 is 0. The molecule has 0 heterocycles. The zero-order valence-corrected chi connectivity index (χ0v) is 10.3. The molecule has 0 aromatic heterocycles. The van der Waals surface area contributed by atoms with E-state index in [9.17, 15) is 0 Å². The zero-order valence-electron chi connectivity index (χ0n) is 10.3. The average Bonchev–Trinajstić information content (AvgIpc) is 2.24. The molecule has 1 saturated carbocycles. The molecule has 0 aromatic carbocycles. The van der Waals surface area contributed by atoms with Gasteiger partial charge in [0.1, 0.15) is 0 Å². The van der Waals surface area contributed by atoms with Gasteiger partial charge in [0.05, 0.1) is 0 Å². The number of hydrogen-bond donors (Lipinski definition) is 2. The van der Waals surface area contributed by atoms with E-state index >= 15 is 0 Å². The van der Waals surface area contributed by atoms with Gasteiger partial charge in [-0.2, -0.15) is 0 Å². The molecule has 15 heavy (non-hydrogen) atoms. The Morgan fingerprint density at radius 1 is 1.20 bits per heavy atom. The van der Waals surface area contributed by atoms with Gasteiger partial charge < -0.3 is 11.5 Å². The summed E-state index contributed by atoms with van der Waals surface area (Å²) in [6.45, 7) is 4.16. The Morgan fingerprint density at radius 2 is 1.93 bits per heavy atom. The fourth-order valence-electron chi connectivity index (χ4n) is 3.13. The van der Waals surface area contributed by atoms with Gasteiger partial charge in [-0.05, 0) is 62.9 Å². The van der Waals surface area contributed by atoms with Crippen LogP contribution in [0.25, 0.3) is 0 Å². The molecule has 4 N–H and O–H groups in total. The first kappa shape index (κ1) is 13.0. The molecule has 2 unspecified atom stereocenters. The summed E-state index contributed by atoms with van der Waals surface area (Å²) in [5, 5.41) is 0. The van der Waals surface area contributed by atoms with Crippen molar-refractivity contribution in [3.05, 3.63) is 0 Å².